The standard InChI is InChI=1S/C17H11N3O6/c21-16(22)11-2-1-3-12(8-11)18-9-14-17(23)26-15(19-14)10-4-6-13(7-5-10)20(24)25/h1-9,23H,(H,21,22)/p-1. The topological polar surface area (TPSA) is 142 Å². The number of hydrogen-bond donors (Lipinski definition) is 1. The first-order valence-corrected chi connectivity index (χ1v) is 7.24. The Kier molecular flexibility index (Phi) is 4.44. The van der Waals surface area contributed by atoms with Gasteiger partial charge in [-0.1, -0.05) is 6.07 Å². The summed E-state index contributed by atoms with van der Waals surface area (Å²) >= 11 is 0. The van der Waals surface area contributed by atoms with Crippen LogP contribution in [0, 0.1) is 10.1 Å². The number of nitrogens with zero attached hydrogens (tertiary/aromatic N) is 3. The molecule has 130 valence electrons. The average molecular weight is 352 g/mol. The maximum atomic E-state index is 11.9. The lowest BCUT2D eigenvalue weighted by molar-refractivity contribution is -0.384. The Balaban J connectivity index is 1.85. The first kappa shape index (κ1) is 16.8. The molecule has 1 N–H and O–H groups in total. The van der Waals surface area contributed by atoms with Crippen LogP contribution in [-0.2, 0) is 0 Å². The molecule has 0 saturated heterocycles. The third-order valence-corrected chi connectivity index (χ3v) is 3.37. The molecule has 0 radical (unpaired) electrons. The second-order valence-corrected chi connectivity index (χ2v) is 5.11. The lowest BCUT2D eigenvalue weighted by atomic mass is 10.2. The first-order valence-electron chi connectivity index (χ1n) is 7.24. The molecule has 9 heteroatoms. The molecule has 1 heterocycles. The van der Waals surface area contributed by atoms with Crippen molar-refractivity contribution in [3.63, 3.8) is 0 Å². The molecule has 1 aromatic heterocycles. The maximum Gasteiger partial charge on any atom is 0.335 e. The predicted molar refractivity (Wildman–Crippen MR) is 88.7 cm³/mol. The highest BCUT2D eigenvalue weighted by Crippen LogP contribution is 2.26. The number of hydrogen-bond acceptors (Lipinski definition) is 7. The fraction of sp³-hybridized carbons (Fsp3) is 0. The summed E-state index contributed by atoms with van der Waals surface area (Å²) in [7, 11) is 0. The third kappa shape index (κ3) is 3.56. The molecule has 3 rings (SSSR count). The van der Waals surface area contributed by atoms with Gasteiger partial charge in [0.25, 0.3) is 5.69 Å². The number of nitro groups is 1. The summed E-state index contributed by atoms with van der Waals surface area (Å²) in [6.07, 6.45) is 1.17. The average Bonchev–Trinajstić information content (AvgIpc) is 3.01. The quantitative estimate of drug-likeness (QED) is 0.422. The van der Waals surface area contributed by atoms with E-state index in [1.54, 1.807) is 6.07 Å². The monoisotopic (exact) mass is 352 g/mol. The van der Waals surface area contributed by atoms with Gasteiger partial charge in [0, 0.05) is 17.7 Å². The van der Waals surface area contributed by atoms with E-state index in [0.717, 1.165) is 0 Å². The SMILES string of the molecule is O=C(O)c1cccc(N=Cc2nc(-c3ccc([N+](=O)[O-])cc3)oc2[O-])c1. The predicted octanol–water partition coefficient (Wildman–Crippen LogP) is 2.77. The number of benzene rings is 2. The summed E-state index contributed by atoms with van der Waals surface area (Å²) < 4.78 is 5.03. The fourth-order valence-electron chi connectivity index (χ4n) is 2.10. The molecule has 0 spiro atoms. The van der Waals surface area contributed by atoms with Crippen LogP contribution in [0.1, 0.15) is 16.1 Å². The molecule has 26 heavy (non-hydrogen) atoms. The summed E-state index contributed by atoms with van der Waals surface area (Å²) in [5.74, 6) is -1.81. The minimum Gasteiger partial charge on any atom is -0.562 e. The molecular formula is C17H10N3O6-. The van der Waals surface area contributed by atoms with E-state index >= 15 is 0 Å². The van der Waals surface area contributed by atoms with E-state index in [2.05, 4.69) is 9.98 Å². The molecule has 0 atom stereocenters. The molecule has 0 saturated carbocycles. The van der Waals surface area contributed by atoms with Crippen LogP contribution in [0.15, 0.2) is 57.9 Å². The van der Waals surface area contributed by atoms with E-state index in [9.17, 15) is 20.0 Å². The third-order valence-electron chi connectivity index (χ3n) is 3.37. The van der Waals surface area contributed by atoms with Crippen molar-refractivity contribution in [3.8, 4) is 17.4 Å². The molecule has 0 bridgehead atoms. The fourth-order valence-corrected chi connectivity index (χ4v) is 2.10. The van der Waals surface area contributed by atoms with Crippen LogP contribution in [0.5, 0.6) is 5.95 Å². The summed E-state index contributed by atoms with van der Waals surface area (Å²) in [6, 6.07) is 11.2. The summed E-state index contributed by atoms with van der Waals surface area (Å²) in [4.78, 5) is 29.1. The maximum absolute atomic E-state index is 11.9. The number of carboxylic acids is 1. The Morgan fingerprint density at radius 1 is 1.23 bits per heavy atom. The first-order chi connectivity index (χ1) is 12.4. The second kappa shape index (κ2) is 6.85. The number of carbonyl (C=O) groups is 1. The van der Waals surface area contributed by atoms with Crippen LogP contribution < -0.4 is 5.11 Å². The van der Waals surface area contributed by atoms with Gasteiger partial charge in [-0.3, -0.25) is 15.1 Å². The van der Waals surface area contributed by atoms with Gasteiger partial charge in [-0.05, 0) is 30.3 Å². The van der Waals surface area contributed by atoms with Gasteiger partial charge in [-0.15, -0.1) is 0 Å². The Labute approximate surface area is 146 Å². The molecule has 2 aromatic carbocycles. The minimum absolute atomic E-state index is 0.00522. The molecule has 3 aromatic rings. The number of rotatable bonds is 5. The summed E-state index contributed by atoms with van der Waals surface area (Å²) in [5, 5.41) is 31.5. The second-order valence-electron chi connectivity index (χ2n) is 5.11. The number of nitro benzene ring substituents is 1. The largest absolute Gasteiger partial charge is 0.562 e. The Bertz CT molecular complexity index is 1010. The zero-order chi connectivity index (χ0) is 18.7. The van der Waals surface area contributed by atoms with Gasteiger partial charge < -0.3 is 14.6 Å². The number of oxazole rings is 1. The van der Waals surface area contributed by atoms with Crippen LogP contribution in [-0.4, -0.2) is 27.2 Å². The van der Waals surface area contributed by atoms with Crippen LogP contribution >= 0.6 is 0 Å². The van der Waals surface area contributed by atoms with Crippen LogP contribution in [0.3, 0.4) is 0 Å². The Morgan fingerprint density at radius 3 is 2.62 bits per heavy atom. The van der Waals surface area contributed by atoms with Crippen LogP contribution in [0.2, 0.25) is 0 Å². The van der Waals surface area contributed by atoms with Gasteiger partial charge in [-0.2, -0.15) is 0 Å². The molecule has 0 fully saturated rings. The van der Waals surface area contributed by atoms with Crippen molar-refractivity contribution in [2.75, 3.05) is 0 Å². The molecule has 9 nitrogen and oxygen atoms in total. The van der Waals surface area contributed by atoms with Gasteiger partial charge >= 0.3 is 5.97 Å². The Morgan fingerprint density at radius 2 is 1.96 bits per heavy atom. The van der Waals surface area contributed by atoms with Crippen molar-refractivity contribution in [1.29, 1.82) is 0 Å². The van der Waals surface area contributed by atoms with Crippen molar-refractivity contribution >= 4 is 23.6 Å². The van der Waals surface area contributed by atoms with Gasteiger partial charge in [0.05, 0.1) is 28.3 Å². The summed E-state index contributed by atoms with van der Waals surface area (Å²) in [5.41, 5.74) is 0.639. The lowest BCUT2D eigenvalue weighted by Crippen LogP contribution is -1.95. The lowest BCUT2D eigenvalue weighted by Gasteiger charge is -1.99. The van der Waals surface area contributed by atoms with E-state index in [0.29, 0.717) is 11.3 Å². The van der Waals surface area contributed by atoms with Gasteiger partial charge in [0.1, 0.15) is 11.6 Å². The number of carboxylic acid groups (broad SMARTS) is 1. The van der Waals surface area contributed by atoms with Crippen molar-refractivity contribution in [2.45, 2.75) is 0 Å². The van der Waals surface area contributed by atoms with Crippen molar-refractivity contribution in [2.24, 2.45) is 4.99 Å². The molecule has 0 aliphatic carbocycles. The number of aromatic nitrogens is 1. The Hall–Kier alpha value is -4.01. The molecule has 0 aliphatic rings. The normalized spacial score (nSPS) is 10.9. The van der Waals surface area contributed by atoms with Gasteiger partial charge in [0.15, 0.2) is 0 Å². The highest BCUT2D eigenvalue weighted by atomic mass is 16.6. The number of aromatic carboxylic acids is 1. The summed E-state index contributed by atoms with van der Waals surface area (Å²) in [6.45, 7) is 0. The van der Waals surface area contributed by atoms with Crippen molar-refractivity contribution in [1.82, 2.24) is 4.98 Å². The highest BCUT2D eigenvalue weighted by molar-refractivity contribution is 5.89. The van der Waals surface area contributed by atoms with Gasteiger partial charge in [0.2, 0.25) is 0 Å². The molecule has 0 aliphatic heterocycles. The highest BCUT2D eigenvalue weighted by Gasteiger charge is 2.08. The van der Waals surface area contributed by atoms with E-state index in [1.807, 2.05) is 0 Å². The van der Waals surface area contributed by atoms with Crippen LogP contribution in [0.4, 0.5) is 11.4 Å². The van der Waals surface area contributed by atoms with Gasteiger partial charge in [-0.25, -0.2) is 9.78 Å². The molecule has 0 amide bonds. The van der Waals surface area contributed by atoms with Crippen LogP contribution in [0.25, 0.3) is 11.5 Å². The van der Waals surface area contributed by atoms with E-state index < -0.39 is 16.8 Å². The van der Waals surface area contributed by atoms with Crippen molar-refractivity contribution in [3.05, 3.63) is 69.9 Å². The number of aliphatic imine (C=N–C) groups is 1. The zero-order valence-corrected chi connectivity index (χ0v) is 13.0. The van der Waals surface area contributed by atoms with Crippen molar-refractivity contribution < 1.29 is 24.3 Å². The smallest absolute Gasteiger partial charge is 0.335 e. The van der Waals surface area contributed by atoms with E-state index in [4.69, 9.17) is 9.52 Å². The number of non-ortho nitro benzene ring substituents is 1. The zero-order valence-electron chi connectivity index (χ0n) is 13.0. The minimum atomic E-state index is -1.09. The van der Waals surface area contributed by atoms with E-state index in [-0.39, 0.29) is 22.8 Å². The molecular weight excluding hydrogens is 342 g/mol. The molecule has 0 unspecified atom stereocenters. The van der Waals surface area contributed by atoms with E-state index in [1.165, 1.54) is 48.7 Å².